The summed E-state index contributed by atoms with van der Waals surface area (Å²) in [6.07, 6.45) is 0. The molecule has 1 N–H and O–H groups in total. The van der Waals surface area contributed by atoms with Crippen LogP contribution in [0.15, 0.2) is 72.3 Å². The number of aryl methyl sites for hydroxylation is 2. The van der Waals surface area contributed by atoms with Crippen LogP contribution in [0.5, 0.6) is 5.75 Å². The third-order valence-electron chi connectivity index (χ3n) is 6.19. The predicted molar refractivity (Wildman–Crippen MR) is 141 cm³/mol. The smallest absolute Gasteiger partial charge is 0.338 e. The number of anilines is 1. The SMILES string of the molecule is CCOC(=O)c1cccc(N2C(=O)C(=O)/C(=C(/O)c3ccc(OCC)c(C)c3)C2c2cccc(C)c2)c1. The molecule has 1 atom stereocenters. The second-order valence-corrected chi connectivity index (χ2v) is 8.77. The fourth-order valence-corrected chi connectivity index (χ4v) is 4.52. The van der Waals surface area contributed by atoms with Crippen LogP contribution in [0.2, 0.25) is 0 Å². The van der Waals surface area contributed by atoms with Gasteiger partial charge in [-0.05, 0) is 75.2 Å². The fraction of sp³-hybridized carbons (Fsp3) is 0.233. The second-order valence-electron chi connectivity index (χ2n) is 8.77. The molecule has 1 heterocycles. The second kappa shape index (κ2) is 10.7. The Labute approximate surface area is 215 Å². The standard InChI is InChI=1S/C30H29NO6/c1-5-36-24-14-13-21(16-19(24)4)27(32)25-26(20-10-7-9-18(3)15-20)31(29(34)28(25)33)23-12-8-11-22(17-23)30(35)37-6-2/h7-17,26,32H,5-6H2,1-4H3/b27-25+. The van der Waals surface area contributed by atoms with Crippen LogP contribution >= 0.6 is 0 Å². The number of carbonyl (C=O) groups is 3. The summed E-state index contributed by atoms with van der Waals surface area (Å²) in [7, 11) is 0. The van der Waals surface area contributed by atoms with Gasteiger partial charge in [0, 0.05) is 11.3 Å². The zero-order valence-electron chi connectivity index (χ0n) is 21.3. The minimum Gasteiger partial charge on any atom is -0.507 e. The number of rotatable bonds is 7. The molecule has 0 bridgehead atoms. The fourth-order valence-electron chi connectivity index (χ4n) is 4.52. The van der Waals surface area contributed by atoms with Gasteiger partial charge in [0.15, 0.2) is 0 Å². The summed E-state index contributed by atoms with van der Waals surface area (Å²) in [5.41, 5.74) is 3.35. The first-order valence-corrected chi connectivity index (χ1v) is 12.1. The number of amides is 1. The summed E-state index contributed by atoms with van der Waals surface area (Å²) in [5.74, 6) is -1.74. The molecule has 1 aliphatic rings. The van der Waals surface area contributed by atoms with Gasteiger partial charge in [-0.15, -0.1) is 0 Å². The van der Waals surface area contributed by atoms with Gasteiger partial charge < -0.3 is 14.6 Å². The third-order valence-corrected chi connectivity index (χ3v) is 6.19. The lowest BCUT2D eigenvalue weighted by Gasteiger charge is -2.26. The molecule has 0 aromatic heterocycles. The van der Waals surface area contributed by atoms with Gasteiger partial charge >= 0.3 is 5.97 Å². The van der Waals surface area contributed by atoms with E-state index in [-0.39, 0.29) is 23.5 Å². The van der Waals surface area contributed by atoms with Crippen molar-refractivity contribution in [2.75, 3.05) is 18.1 Å². The van der Waals surface area contributed by atoms with Gasteiger partial charge in [0.05, 0.1) is 30.4 Å². The van der Waals surface area contributed by atoms with Crippen molar-refractivity contribution < 1.29 is 29.0 Å². The lowest BCUT2D eigenvalue weighted by atomic mass is 9.93. The van der Waals surface area contributed by atoms with E-state index in [9.17, 15) is 19.5 Å². The monoisotopic (exact) mass is 499 g/mol. The molecule has 1 saturated heterocycles. The quantitative estimate of drug-likeness (QED) is 0.200. The Balaban J connectivity index is 1.90. The summed E-state index contributed by atoms with van der Waals surface area (Å²) in [6.45, 7) is 8.05. The number of aliphatic hydroxyl groups excluding tert-OH is 1. The first kappa shape index (κ1) is 25.7. The van der Waals surface area contributed by atoms with Gasteiger partial charge in [-0.3, -0.25) is 14.5 Å². The van der Waals surface area contributed by atoms with Crippen molar-refractivity contribution in [2.24, 2.45) is 0 Å². The molecule has 3 aromatic carbocycles. The number of ketones is 1. The average Bonchev–Trinajstić information content (AvgIpc) is 3.15. The number of carbonyl (C=O) groups excluding carboxylic acids is 3. The average molecular weight is 500 g/mol. The number of ether oxygens (including phenoxy) is 2. The zero-order valence-corrected chi connectivity index (χ0v) is 21.3. The van der Waals surface area contributed by atoms with Crippen LogP contribution in [0, 0.1) is 13.8 Å². The van der Waals surface area contributed by atoms with E-state index in [0.29, 0.717) is 29.2 Å². The molecule has 37 heavy (non-hydrogen) atoms. The van der Waals surface area contributed by atoms with Crippen LogP contribution in [0.4, 0.5) is 5.69 Å². The molecule has 7 heteroatoms. The van der Waals surface area contributed by atoms with Gasteiger partial charge in [0.1, 0.15) is 11.5 Å². The summed E-state index contributed by atoms with van der Waals surface area (Å²) in [5, 5.41) is 11.4. The maximum Gasteiger partial charge on any atom is 0.338 e. The lowest BCUT2D eigenvalue weighted by Crippen LogP contribution is -2.29. The van der Waals surface area contributed by atoms with Gasteiger partial charge in [0.25, 0.3) is 11.7 Å². The molecule has 7 nitrogen and oxygen atoms in total. The van der Waals surface area contributed by atoms with Crippen LogP contribution < -0.4 is 9.64 Å². The number of esters is 1. The van der Waals surface area contributed by atoms with Gasteiger partial charge in [0.2, 0.25) is 0 Å². The highest BCUT2D eigenvalue weighted by molar-refractivity contribution is 6.51. The largest absolute Gasteiger partial charge is 0.507 e. The Morgan fingerprint density at radius 3 is 2.35 bits per heavy atom. The van der Waals surface area contributed by atoms with Gasteiger partial charge in [-0.25, -0.2) is 4.79 Å². The Hall–Kier alpha value is -4.39. The molecule has 190 valence electrons. The number of benzene rings is 3. The molecule has 0 radical (unpaired) electrons. The molecule has 3 aromatic rings. The lowest BCUT2D eigenvalue weighted by molar-refractivity contribution is -0.132. The minimum absolute atomic E-state index is 0.0271. The van der Waals surface area contributed by atoms with Crippen molar-refractivity contribution in [3.8, 4) is 5.75 Å². The zero-order chi connectivity index (χ0) is 26.7. The van der Waals surface area contributed by atoms with Crippen LogP contribution in [0.25, 0.3) is 5.76 Å². The Morgan fingerprint density at radius 1 is 0.919 bits per heavy atom. The van der Waals surface area contributed by atoms with E-state index < -0.39 is 23.7 Å². The van der Waals surface area contributed by atoms with E-state index >= 15 is 0 Å². The molecule has 1 aliphatic heterocycles. The van der Waals surface area contributed by atoms with E-state index in [1.165, 1.54) is 11.0 Å². The number of aliphatic hydroxyl groups is 1. The van der Waals surface area contributed by atoms with E-state index in [1.807, 2.05) is 45.0 Å². The molecule has 4 rings (SSSR count). The Bertz CT molecular complexity index is 1410. The van der Waals surface area contributed by atoms with Crippen LogP contribution in [0.3, 0.4) is 0 Å². The number of hydrogen-bond acceptors (Lipinski definition) is 6. The first-order valence-electron chi connectivity index (χ1n) is 12.1. The predicted octanol–water partition coefficient (Wildman–Crippen LogP) is 5.51. The molecule has 1 unspecified atom stereocenters. The van der Waals surface area contributed by atoms with Crippen molar-refractivity contribution in [2.45, 2.75) is 33.7 Å². The van der Waals surface area contributed by atoms with E-state index in [1.54, 1.807) is 43.3 Å². The molecule has 1 fully saturated rings. The Morgan fingerprint density at radius 2 is 1.68 bits per heavy atom. The molecule has 0 aliphatic carbocycles. The summed E-state index contributed by atoms with van der Waals surface area (Å²) >= 11 is 0. The molecular weight excluding hydrogens is 470 g/mol. The van der Waals surface area contributed by atoms with E-state index in [4.69, 9.17) is 9.47 Å². The summed E-state index contributed by atoms with van der Waals surface area (Å²) in [4.78, 5) is 40.5. The first-order chi connectivity index (χ1) is 17.8. The highest BCUT2D eigenvalue weighted by atomic mass is 16.5. The number of hydrogen-bond donors (Lipinski definition) is 1. The van der Waals surface area contributed by atoms with Crippen molar-refractivity contribution in [1.29, 1.82) is 0 Å². The molecule has 1 amide bonds. The van der Waals surface area contributed by atoms with Crippen LogP contribution in [0.1, 0.15) is 52.5 Å². The maximum absolute atomic E-state index is 13.4. The minimum atomic E-state index is -0.899. The molecule has 0 spiro atoms. The maximum atomic E-state index is 13.4. The van der Waals surface area contributed by atoms with E-state index in [2.05, 4.69) is 0 Å². The Kier molecular flexibility index (Phi) is 7.43. The summed E-state index contributed by atoms with van der Waals surface area (Å²) < 4.78 is 10.7. The van der Waals surface area contributed by atoms with E-state index in [0.717, 1.165) is 11.1 Å². The highest BCUT2D eigenvalue weighted by Gasteiger charge is 2.47. The normalized spacial score (nSPS) is 16.6. The van der Waals surface area contributed by atoms with Crippen LogP contribution in [-0.2, 0) is 14.3 Å². The van der Waals surface area contributed by atoms with Crippen molar-refractivity contribution in [3.05, 3.63) is 100 Å². The third kappa shape index (κ3) is 4.98. The number of Topliss-reactive ketones (excluding diaryl/α,β-unsaturated/α-hetero) is 1. The van der Waals surface area contributed by atoms with Crippen LogP contribution in [-0.4, -0.2) is 36.0 Å². The van der Waals surface area contributed by atoms with Gasteiger partial charge in [-0.1, -0.05) is 35.9 Å². The molecule has 0 saturated carbocycles. The highest BCUT2D eigenvalue weighted by Crippen LogP contribution is 2.42. The van der Waals surface area contributed by atoms with Crippen molar-refractivity contribution >= 4 is 29.1 Å². The van der Waals surface area contributed by atoms with Crippen molar-refractivity contribution in [3.63, 3.8) is 0 Å². The van der Waals surface area contributed by atoms with Gasteiger partial charge in [-0.2, -0.15) is 0 Å². The number of nitrogens with zero attached hydrogens (tertiary/aromatic N) is 1. The molecular formula is C30H29NO6. The van der Waals surface area contributed by atoms with Crippen molar-refractivity contribution in [1.82, 2.24) is 0 Å². The topological polar surface area (TPSA) is 93.1 Å². The summed E-state index contributed by atoms with van der Waals surface area (Å²) in [6, 6.07) is 18.0.